The zero-order valence-corrected chi connectivity index (χ0v) is 9.69. The minimum atomic E-state index is -0.00559. The second-order valence-electron chi connectivity index (χ2n) is 3.97. The van der Waals surface area contributed by atoms with Gasteiger partial charge in [0.15, 0.2) is 5.78 Å². The van der Waals surface area contributed by atoms with Gasteiger partial charge in [-0.1, -0.05) is 17.7 Å². The van der Waals surface area contributed by atoms with E-state index in [9.17, 15) is 4.79 Å². The predicted octanol–water partition coefficient (Wildman–Crippen LogP) is 2.69. The van der Waals surface area contributed by atoms with Gasteiger partial charge in [-0.3, -0.25) is 4.79 Å². The number of carbonyl (C=O) groups is 1. The second kappa shape index (κ2) is 3.93. The summed E-state index contributed by atoms with van der Waals surface area (Å²) in [5, 5.41) is 4.28. The van der Waals surface area contributed by atoms with Crippen molar-refractivity contribution in [2.75, 3.05) is 0 Å². The van der Waals surface area contributed by atoms with Crippen molar-refractivity contribution in [2.45, 2.75) is 20.8 Å². The van der Waals surface area contributed by atoms with Gasteiger partial charge in [-0.15, -0.1) is 0 Å². The Morgan fingerprint density at radius 3 is 2.31 bits per heavy atom. The molecule has 0 spiro atoms. The summed E-state index contributed by atoms with van der Waals surface area (Å²) >= 11 is 0. The van der Waals surface area contributed by atoms with Crippen molar-refractivity contribution in [1.29, 1.82) is 0 Å². The van der Waals surface area contributed by atoms with Crippen molar-refractivity contribution in [3.63, 3.8) is 0 Å². The van der Waals surface area contributed by atoms with E-state index < -0.39 is 0 Å². The highest BCUT2D eigenvalue weighted by molar-refractivity contribution is 5.92. The summed E-state index contributed by atoms with van der Waals surface area (Å²) in [6.45, 7) is 5.52. The first-order valence-corrected chi connectivity index (χ1v) is 5.22. The van der Waals surface area contributed by atoms with Gasteiger partial charge < -0.3 is 0 Å². The summed E-state index contributed by atoms with van der Waals surface area (Å²) in [7, 11) is 0. The Kier molecular flexibility index (Phi) is 2.60. The third-order valence-corrected chi connectivity index (χ3v) is 2.53. The highest BCUT2D eigenvalue weighted by atomic mass is 16.1. The van der Waals surface area contributed by atoms with Gasteiger partial charge in [0.25, 0.3) is 0 Å². The van der Waals surface area contributed by atoms with Crippen LogP contribution in [0.1, 0.15) is 28.7 Å². The van der Waals surface area contributed by atoms with Crippen LogP contribution in [-0.2, 0) is 0 Å². The Morgan fingerprint density at radius 1 is 1.19 bits per heavy atom. The van der Waals surface area contributed by atoms with Crippen LogP contribution in [0.2, 0.25) is 0 Å². The van der Waals surface area contributed by atoms with Crippen molar-refractivity contribution < 1.29 is 4.79 Å². The molecule has 0 aliphatic carbocycles. The van der Waals surface area contributed by atoms with Gasteiger partial charge in [0.2, 0.25) is 0 Å². The van der Waals surface area contributed by atoms with Crippen molar-refractivity contribution in [1.82, 2.24) is 9.78 Å². The first-order valence-electron chi connectivity index (χ1n) is 5.22. The fourth-order valence-corrected chi connectivity index (χ4v) is 1.59. The van der Waals surface area contributed by atoms with Crippen LogP contribution < -0.4 is 0 Å². The molecular weight excluding hydrogens is 200 g/mol. The summed E-state index contributed by atoms with van der Waals surface area (Å²) < 4.78 is 1.79. The Labute approximate surface area is 94.7 Å². The largest absolute Gasteiger partial charge is 0.293 e. The normalized spacial score (nSPS) is 10.4. The number of rotatable bonds is 2. The highest BCUT2D eigenvalue weighted by Crippen LogP contribution is 2.13. The van der Waals surface area contributed by atoms with E-state index in [1.54, 1.807) is 4.68 Å². The number of Topliss-reactive ketones (excluding diaryl/α,β-unsaturated/α-hetero) is 1. The van der Waals surface area contributed by atoms with Crippen LogP contribution in [0.25, 0.3) is 5.69 Å². The van der Waals surface area contributed by atoms with E-state index in [1.165, 1.54) is 12.5 Å². The molecule has 0 atom stereocenters. The van der Waals surface area contributed by atoms with E-state index in [-0.39, 0.29) is 5.78 Å². The van der Waals surface area contributed by atoms with Gasteiger partial charge in [-0.25, -0.2) is 4.68 Å². The third kappa shape index (κ3) is 1.89. The molecular formula is C13H14N2O. The van der Waals surface area contributed by atoms with Crippen LogP contribution in [0, 0.1) is 13.8 Å². The van der Waals surface area contributed by atoms with Crippen LogP contribution in [-0.4, -0.2) is 15.6 Å². The van der Waals surface area contributed by atoms with Crippen molar-refractivity contribution in [3.05, 3.63) is 47.3 Å². The molecule has 0 saturated heterocycles. The number of ketones is 1. The zero-order valence-electron chi connectivity index (χ0n) is 9.69. The van der Waals surface area contributed by atoms with Gasteiger partial charge in [-0.05, 0) is 32.0 Å². The highest BCUT2D eigenvalue weighted by Gasteiger charge is 2.08. The minimum Gasteiger partial charge on any atom is -0.293 e. The summed E-state index contributed by atoms with van der Waals surface area (Å²) in [5.41, 5.74) is 3.67. The average molecular weight is 214 g/mol. The van der Waals surface area contributed by atoms with Gasteiger partial charge in [-0.2, -0.15) is 5.10 Å². The number of hydrogen-bond acceptors (Lipinski definition) is 2. The van der Waals surface area contributed by atoms with Gasteiger partial charge in [0, 0.05) is 12.6 Å². The van der Waals surface area contributed by atoms with E-state index in [0.29, 0.717) is 5.69 Å². The maximum absolute atomic E-state index is 11.2. The molecule has 0 radical (unpaired) electrons. The maximum atomic E-state index is 11.2. The molecule has 1 heterocycles. The monoisotopic (exact) mass is 214 g/mol. The Balaban J connectivity index is 2.47. The summed E-state index contributed by atoms with van der Waals surface area (Å²) in [6, 6.07) is 9.87. The van der Waals surface area contributed by atoms with Crippen molar-refractivity contribution in [3.8, 4) is 5.69 Å². The molecule has 0 unspecified atom stereocenters. The van der Waals surface area contributed by atoms with Gasteiger partial charge in [0.1, 0.15) is 5.69 Å². The molecule has 16 heavy (non-hydrogen) atoms. The Morgan fingerprint density at radius 2 is 1.81 bits per heavy atom. The molecule has 0 bridgehead atoms. The standard InChI is InChI=1S/C13H14N2O/c1-9-4-6-12(7-5-9)15-10(2)8-13(14-15)11(3)16/h4-8H,1-3H3. The summed E-state index contributed by atoms with van der Waals surface area (Å²) in [4.78, 5) is 11.2. The van der Waals surface area contributed by atoms with Crippen LogP contribution in [0.4, 0.5) is 0 Å². The van der Waals surface area contributed by atoms with Crippen molar-refractivity contribution >= 4 is 5.78 Å². The van der Waals surface area contributed by atoms with E-state index >= 15 is 0 Å². The van der Waals surface area contributed by atoms with Crippen LogP contribution in [0.15, 0.2) is 30.3 Å². The minimum absolute atomic E-state index is 0.00559. The fourth-order valence-electron chi connectivity index (χ4n) is 1.59. The Hall–Kier alpha value is -1.90. The molecule has 3 nitrogen and oxygen atoms in total. The second-order valence-corrected chi connectivity index (χ2v) is 3.97. The topological polar surface area (TPSA) is 34.9 Å². The molecule has 1 aromatic carbocycles. The summed E-state index contributed by atoms with van der Waals surface area (Å²) in [5.74, 6) is -0.00559. The van der Waals surface area contributed by atoms with E-state index in [2.05, 4.69) is 5.10 Å². The van der Waals surface area contributed by atoms with E-state index in [0.717, 1.165) is 11.4 Å². The predicted molar refractivity (Wildman–Crippen MR) is 63.0 cm³/mol. The molecule has 0 aliphatic heterocycles. The number of nitrogens with zero attached hydrogens (tertiary/aromatic N) is 2. The number of hydrogen-bond donors (Lipinski definition) is 0. The van der Waals surface area contributed by atoms with E-state index in [1.807, 2.05) is 44.2 Å². The maximum Gasteiger partial charge on any atom is 0.180 e. The molecule has 1 aromatic heterocycles. The smallest absolute Gasteiger partial charge is 0.180 e. The number of aromatic nitrogens is 2. The zero-order chi connectivity index (χ0) is 11.7. The Bertz CT molecular complexity index is 523. The SMILES string of the molecule is CC(=O)c1cc(C)n(-c2ccc(C)cc2)n1. The molecule has 0 N–H and O–H groups in total. The summed E-state index contributed by atoms with van der Waals surface area (Å²) in [6.07, 6.45) is 0. The molecule has 2 aromatic rings. The lowest BCUT2D eigenvalue weighted by atomic mass is 10.2. The lowest BCUT2D eigenvalue weighted by molar-refractivity contribution is 0.101. The fraction of sp³-hybridized carbons (Fsp3) is 0.231. The van der Waals surface area contributed by atoms with Crippen LogP contribution in [0.3, 0.4) is 0 Å². The third-order valence-electron chi connectivity index (χ3n) is 2.53. The molecule has 0 amide bonds. The molecule has 0 fully saturated rings. The lowest BCUT2D eigenvalue weighted by Gasteiger charge is -2.03. The quantitative estimate of drug-likeness (QED) is 0.720. The van der Waals surface area contributed by atoms with Crippen LogP contribution in [0.5, 0.6) is 0 Å². The first kappa shape index (κ1) is 10.6. The van der Waals surface area contributed by atoms with E-state index in [4.69, 9.17) is 0 Å². The van der Waals surface area contributed by atoms with Gasteiger partial charge >= 0.3 is 0 Å². The number of aryl methyl sites for hydroxylation is 2. The lowest BCUT2D eigenvalue weighted by Crippen LogP contribution is -2.00. The number of benzene rings is 1. The average Bonchev–Trinajstić information content (AvgIpc) is 2.62. The first-order chi connectivity index (χ1) is 7.58. The number of carbonyl (C=O) groups excluding carboxylic acids is 1. The van der Waals surface area contributed by atoms with Crippen LogP contribution >= 0.6 is 0 Å². The molecule has 0 saturated carbocycles. The molecule has 2 rings (SSSR count). The molecule has 3 heteroatoms. The van der Waals surface area contributed by atoms with Crippen molar-refractivity contribution in [2.24, 2.45) is 0 Å². The van der Waals surface area contributed by atoms with Gasteiger partial charge in [0.05, 0.1) is 5.69 Å². The molecule has 0 aliphatic rings. The molecule has 82 valence electrons.